The van der Waals surface area contributed by atoms with E-state index in [-0.39, 0.29) is 42.9 Å². The van der Waals surface area contributed by atoms with Crippen LogP contribution >= 0.6 is 11.6 Å². The second-order valence-corrected chi connectivity index (χ2v) is 9.32. The van der Waals surface area contributed by atoms with E-state index in [1.54, 1.807) is 30.3 Å². The van der Waals surface area contributed by atoms with Gasteiger partial charge in [0.05, 0.1) is 30.3 Å². The molecule has 2 aromatic carbocycles. The first-order valence-electron chi connectivity index (χ1n) is 12.7. The number of rotatable bonds is 11. The summed E-state index contributed by atoms with van der Waals surface area (Å²) in [6, 6.07) is 10.2. The van der Waals surface area contributed by atoms with Crippen LogP contribution in [0.15, 0.2) is 36.4 Å². The fourth-order valence-electron chi connectivity index (χ4n) is 4.30. The Morgan fingerprint density at radius 1 is 0.919 bits per heavy atom. The minimum atomic E-state index is -0.284. The molecule has 0 aliphatic heterocycles. The molecule has 1 aliphatic carbocycles. The van der Waals surface area contributed by atoms with Crippen LogP contribution in [-0.2, 0) is 9.53 Å². The molecule has 8 nitrogen and oxygen atoms in total. The van der Waals surface area contributed by atoms with Crippen LogP contribution in [0.3, 0.4) is 0 Å². The van der Waals surface area contributed by atoms with Crippen molar-refractivity contribution in [3.63, 3.8) is 0 Å². The Morgan fingerprint density at radius 2 is 1.62 bits per heavy atom. The van der Waals surface area contributed by atoms with Crippen molar-refractivity contribution in [3.8, 4) is 11.5 Å². The summed E-state index contributed by atoms with van der Waals surface area (Å²) in [5, 5.41) is 5.97. The van der Waals surface area contributed by atoms with Crippen LogP contribution in [0.1, 0.15) is 65.8 Å². The largest absolute Gasteiger partial charge is 0.492 e. The van der Waals surface area contributed by atoms with Gasteiger partial charge in [0.15, 0.2) is 0 Å². The van der Waals surface area contributed by atoms with Gasteiger partial charge in [0.1, 0.15) is 11.5 Å². The number of amides is 2. The van der Waals surface area contributed by atoms with Gasteiger partial charge in [-0.05, 0) is 88.4 Å². The topological polar surface area (TPSA) is 103 Å². The van der Waals surface area contributed by atoms with E-state index in [1.165, 1.54) is 0 Å². The molecule has 0 atom stereocenters. The SMILES string of the molecule is CCOc1ccc(C(=O)NCCNC(=O)c2ccc(O[C@H]3CC[C@@H](C(=O)OCC)CC3)cc2C)cc1Cl. The van der Waals surface area contributed by atoms with E-state index in [1.807, 2.05) is 26.8 Å². The molecule has 2 aromatic rings. The highest BCUT2D eigenvalue weighted by Crippen LogP contribution is 2.29. The van der Waals surface area contributed by atoms with E-state index in [0.717, 1.165) is 31.2 Å². The Kier molecular flexibility index (Phi) is 10.6. The highest BCUT2D eigenvalue weighted by atomic mass is 35.5. The molecule has 2 amide bonds. The van der Waals surface area contributed by atoms with Gasteiger partial charge in [-0.25, -0.2) is 0 Å². The van der Waals surface area contributed by atoms with Crippen molar-refractivity contribution in [2.24, 2.45) is 5.92 Å². The summed E-state index contributed by atoms with van der Waals surface area (Å²) in [5.41, 5.74) is 1.76. The number of ether oxygens (including phenoxy) is 3. The molecule has 0 radical (unpaired) electrons. The normalized spacial score (nSPS) is 17.0. The maximum atomic E-state index is 12.6. The lowest BCUT2D eigenvalue weighted by atomic mass is 9.87. The second-order valence-electron chi connectivity index (χ2n) is 8.91. The van der Waals surface area contributed by atoms with Crippen molar-refractivity contribution >= 4 is 29.4 Å². The van der Waals surface area contributed by atoms with Gasteiger partial charge in [-0.1, -0.05) is 11.6 Å². The van der Waals surface area contributed by atoms with E-state index in [0.29, 0.717) is 40.9 Å². The third kappa shape index (κ3) is 8.12. The number of halogens is 1. The lowest BCUT2D eigenvalue weighted by molar-refractivity contribution is -0.149. The average Bonchev–Trinajstić information content (AvgIpc) is 2.88. The number of hydrogen-bond acceptors (Lipinski definition) is 6. The fraction of sp³-hybridized carbons (Fsp3) is 0.464. The summed E-state index contributed by atoms with van der Waals surface area (Å²) >= 11 is 6.14. The van der Waals surface area contributed by atoms with Crippen LogP contribution in [0, 0.1) is 12.8 Å². The maximum Gasteiger partial charge on any atom is 0.308 e. The number of benzene rings is 2. The van der Waals surface area contributed by atoms with Crippen LogP contribution in [-0.4, -0.2) is 50.2 Å². The molecule has 0 unspecified atom stereocenters. The van der Waals surface area contributed by atoms with Gasteiger partial charge in [-0.2, -0.15) is 0 Å². The van der Waals surface area contributed by atoms with E-state index >= 15 is 0 Å². The third-order valence-electron chi connectivity index (χ3n) is 6.23. The highest BCUT2D eigenvalue weighted by molar-refractivity contribution is 6.32. The molecule has 2 N–H and O–H groups in total. The van der Waals surface area contributed by atoms with E-state index in [2.05, 4.69) is 10.6 Å². The molecular formula is C28H35ClN2O6. The zero-order valence-electron chi connectivity index (χ0n) is 21.6. The predicted octanol–water partition coefficient (Wildman–Crippen LogP) is 4.71. The van der Waals surface area contributed by atoms with Crippen molar-refractivity contribution in [2.45, 2.75) is 52.6 Å². The number of nitrogens with one attached hydrogen (secondary N) is 2. The number of hydrogen-bond donors (Lipinski definition) is 2. The van der Waals surface area contributed by atoms with Gasteiger partial charge in [-0.3, -0.25) is 14.4 Å². The van der Waals surface area contributed by atoms with Crippen LogP contribution in [0.2, 0.25) is 5.02 Å². The molecule has 0 heterocycles. The number of aryl methyl sites for hydroxylation is 1. The van der Waals surface area contributed by atoms with Crippen LogP contribution in [0.4, 0.5) is 0 Å². The molecule has 9 heteroatoms. The van der Waals surface area contributed by atoms with Gasteiger partial charge in [-0.15, -0.1) is 0 Å². The summed E-state index contributed by atoms with van der Waals surface area (Å²) in [6.07, 6.45) is 3.13. The summed E-state index contributed by atoms with van der Waals surface area (Å²) in [7, 11) is 0. The summed E-state index contributed by atoms with van der Waals surface area (Å²) in [5.74, 6) is 0.560. The molecule has 0 saturated heterocycles. The maximum absolute atomic E-state index is 12.6. The van der Waals surface area contributed by atoms with Crippen LogP contribution in [0.5, 0.6) is 11.5 Å². The molecule has 37 heavy (non-hydrogen) atoms. The minimum Gasteiger partial charge on any atom is -0.492 e. The van der Waals surface area contributed by atoms with Crippen molar-refractivity contribution in [1.29, 1.82) is 0 Å². The minimum absolute atomic E-state index is 0.0404. The molecule has 0 spiro atoms. The van der Waals surface area contributed by atoms with Crippen molar-refractivity contribution < 1.29 is 28.6 Å². The first-order chi connectivity index (χ1) is 17.8. The second kappa shape index (κ2) is 13.9. The average molecular weight is 531 g/mol. The lowest BCUT2D eigenvalue weighted by Crippen LogP contribution is -2.35. The summed E-state index contributed by atoms with van der Waals surface area (Å²) in [4.78, 5) is 36.9. The fourth-order valence-corrected chi connectivity index (χ4v) is 4.53. The molecule has 1 aliphatic rings. The smallest absolute Gasteiger partial charge is 0.308 e. The van der Waals surface area contributed by atoms with Crippen molar-refractivity contribution in [3.05, 3.63) is 58.1 Å². The zero-order chi connectivity index (χ0) is 26.8. The molecule has 3 rings (SSSR count). The molecule has 1 fully saturated rings. The van der Waals surface area contributed by atoms with Gasteiger partial charge in [0.2, 0.25) is 0 Å². The first-order valence-corrected chi connectivity index (χ1v) is 13.1. The Balaban J connectivity index is 1.43. The van der Waals surface area contributed by atoms with Crippen LogP contribution < -0.4 is 20.1 Å². The molecule has 200 valence electrons. The molecule has 0 bridgehead atoms. The number of esters is 1. The van der Waals surface area contributed by atoms with E-state index in [9.17, 15) is 14.4 Å². The quantitative estimate of drug-likeness (QED) is 0.322. The molecule has 1 saturated carbocycles. The van der Waals surface area contributed by atoms with E-state index in [4.69, 9.17) is 25.8 Å². The standard InChI is InChI=1S/C28H35ClN2O6/c1-4-35-25-13-8-20(17-24(25)29)26(32)30-14-15-31-27(33)23-12-11-22(16-18(23)3)37-21-9-6-19(7-10-21)28(34)36-5-2/h8,11-13,16-17,19,21H,4-7,9-10,14-15H2,1-3H3,(H,30,32)(H,31,33)/t19-,21+. The summed E-state index contributed by atoms with van der Waals surface area (Å²) in [6.45, 7) is 6.97. The highest BCUT2D eigenvalue weighted by Gasteiger charge is 2.28. The monoisotopic (exact) mass is 530 g/mol. The van der Waals surface area contributed by atoms with E-state index < -0.39 is 0 Å². The van der Waals surface area contributed by atoms with Gasteiger partial charge in [0, 0.05) is 24.2 Å². The third-order valence-corrected chi connectivity index (χ3v) is 6.52. The number of carbonyl (C=O) groups is 3. The predicted molar refractivity (Wildman–Crippen MR) is 141 cm³/mol. The first kappa shape index (κ1) is 28.3. The Morgan fingerprint density at radius 3 is 2.24 bits per heavy atom. The van der Waals surface area contributed by atoms with Gasteiger partial charge in [0.25, 0.3) is 11.8 Å². The van der Waals surface area contributed by atoms with Gasteiger partial charge < -0.3 is 24.8 Å². The van der Waals surface area contributed by atoms with Crippen molar-refractivity contribution in [2.75, 3.05) is 26.3 Å². The Hall–Kier alpha value is -3.26. The molecular weight excluding hydrogens is 496 g/mol. The number of carbonyl (C=O) groups excluding carboxylic acids is 3. The van der Waals surface area contributed by atoms with Crippen LogP contribution in [0.25, 0.3) is 0 Å². The molecule has 0 aromatic heterocycles. The Labute approximate surface area is 223 Å². The van der Waals surface area contributed by atoms with Gasteiger partial charge >= 0.3 is 5.97 Å². The zero-order valence-corrected chi connectivity index (χ0v) is 22.4. The van der Waals surface area contributed by atoms with Crippen molar-refractivity contribution in [1.82, 2.24) is 10.6 Å². The summed E-state index contributed by atoms with van der Waals surface area (Å²) < 4.78 is 16.6. The lowest BCUT2D eigenvalue weighted by Gasteiger charge is -2.28. The Bertz CT molecular complexity index is 1100.